The number of rotatable bonds is 2. The Balaban J connectivity index is 2.40. The van der Waals surface area contributed by atoms with Crippen LogP contribution in [0.3, 0.4) is 0 Å². The Bertz CT molecular complexity index is 635. The number of benzene rings is 1. The summed E-state index contributed by atoms with van der Waals surface area (Å²) in [6, 6.07) is 11.1. The topological polar surface area (TPSA) is 45.9 Å². The van der Waals surface area contributed by atoms with Crippen molar-refractivity contribution in [3.05, 3.63) is 50.5 Å². The van der Waals surface area contributed by atoms with E-state index in [0.29, 0.717) is 17.2 Å². The lowest BCUT2D eigenvalue weighted by Crippen LogP contribution is -1.94. The molecule has 18 heavy (non-hydrogen) atoms. The van der Waals surface area contributed by atoms with Gasteiger partial charge in [-0.05, 0) is 53.2 Å². The molecule has 3 nitrogen and oxygen atoms in total. The molecule has 0 radical (unpaired) electrons. The molecule has 1 heterocycles. The summed E-state index contributed by atoms with van der Waals surface area (Å²) >= 11 is 6.77. The van der Waals surface area contributed by atoms with Gasteiger partial charge in [-0.25, -0.2) is 4.98 Å². The van der Waals surface area contributed by atoms with Crippen molar-refractivity contribution in [2.24, 2.45) is 0 Å². The summed E-state index contributed by atoms with van der Waals surface area (Å²) in [5.74, 6) is 0.938. The first-order chi connectivity index (χ1) is 8.60. The molecule has 0 saturated heterocycles. The van der Waals surface area contributed by atoms with Gasteiger partial charge in [0.05, 0.1) is 4.47 Å². The Morgan fingerprint density at radius 3 is 2.67 bits per heavy atom. The van der Waals surface area contributed by atoms with Crippen LogP contribution in [0, 0.1) is 18.3 Å². The molecule has 0 saturated carbocycles. The molecule has 0 spiro atoms. The third-order valence-corrected chi connectivity index (χ3v) is 3.33. The maximum atomic E-state index is 9.01. The SMILES string of the molecule is Cc1ccc(C#N)c(Oc2ccc(Br)cc2Br)n1. The van der Waals surface area contributed by atoms with Gasteiger partial charge in [0.2, 0.25) is 5.88 Å². The third-order valence-electron chi connectivity index (χ3n) is 2.22. The summed E-state index contributed by atoms with van der Waals surface area (Å²) in [7, 11) is 0. The van der Waals surface area contributed by atoms with Crippen molar-refractivity contribution >= 4 is 31.9 Å². The van der Waals surface area contributed by atoms with Gasteiger partial charge in [0.15, 0.2) is 0 Å². The molecule has 0 unspecified atom stereocenters. The molecule has 1 aromatic carbocycles. The van der Waals surface area contributed by atoms with Gasteiger partial charge in [0.25, 0.3) is 0 Å². The highest BCUT2D eigenvalue weighted by atomic mass is 79.9. The van der Waals surface area contributed by atoms with Crippen LogP contribution >= 0.6 is 31.9 Å². The van der Waals surface area contributed by atoms with Crippen molar-refractivity contribution in [3.63, 3.8) is 0 Å². The van der Waals surface area contributed by atoms with Crippen molar-refractivity contribution in [2.45, 2.75) is 6.92 Å². The second kappa shape index (κ2) is 5.51. The molecular weight excluding hydrogens is 360 g/mol. The molecule has 5 heteroatoms. The average Bonchev–Trinajstić information content (AvgIpc) is 2.33. The summed E-state index contributed by atoms with van der Waals surface area (Å²) in [5.41, 5.74) is 1.22. The van der Waals surface area contributed by atoms with Crippen LogP contribution in [-0.4, -0.2) is 4.98 Å². The number of aromatic nitrogens is 1. The van der Waals surface area contributed by atoms with Gasteiger partial charge in [-0.1, -0.05) is 15.9 Å². The first-order valence-electron chi connectivity index (χ1n) is 5.11. The third kappa shape index (κ3) is 2.89. The summed E-state index contributed by atoms with van der Waals surface area (Å²) in [6.07, 6.45) is 0. The monoisotopic (exact) mass is 366 g/mol. The predicted molar refractivity (Wildman–Crippen MR) is 75.6 cm³/mol. The van der Waals surface area contributed by atoms with Crippen molar-refractivity contribution < 1.29 is 4.74 Å². The number of halogens is 2. The zero-order chi connectivity index (χ0) is 13.1. The Morgan fingerprint density at radius 1 is 1.22 bits per heavy atom. The number of aryl methyl sites for hydroxylation is 1. The molecular formula is C13H8Br2N2O. The van der Waals surface area contributed by atoms with Gasteiger partial charge in [-0.2, -0.15) is 5.26 Å². The molecule has 0 fully saturated rings. The molecule has 90 valence electrons. The molecule has 0 aliphatic heterocycles. The molecule has 2 rings (SSSR count). The van der Waals surface area contributed by atoms with E-state index < -0.39 is 0 Å². The number of nitrogens with zero attached hydrogens (tertiary/aromatic N) is 2. The number of ether oxygens (including phenoxy) is 1. The van der Waals surface area contributed by atoms with Crippen LogP contribution < -0.4 is 4.74 Å². The summed E-state index contributed by atoms with van der Waals surface area (Å²) in [5, 5.41) is 9.01. The van der Waals surface area contributed by atoms with Gasteiger partial charge in [-0.15, -0.1) is 0 Å². The van der Waals surface area contributed by atoms with Crippen LogP contribution in [-0.2, 0) is 0 Å². The fraction of sp³-hybridized carbons (Fsp3) is 0.0769. The highest BCUT2D eigenvalue weighted by molar-refractivity contribution is 9.11. The van der Waals surface area contributed by atoms with Crippen molar-refractivity contribution in [1.82, 2.24) is 4.98 Å². The van der Waals surface area contributed by atoms with Gasteiger partial charge in [0, 0.05) is 10.2 Å². The maximum absolute atomic E-state index is 9.01. The average molecular weight is 368 g/mol. The minimum Gasteiger partial charge on any atom is -0.436 e. The quantitative estimate of drug-likeness (QED) is 0.780. The van der Waals surface area contributed by atoms with Crippen LogP contribution in [0.1, 0.15) is 11.3 Å². The summed E-state index contributed by atoms with van der Waals surface area (Å²) in [4.78, 5) is 4.23. The number of nitriles is 1. The van der Waals surface area contributed by atoms with Crippen LogP contribution in [0.15, 0.2) is 39.3 Å². The van der Waals surface area contributed by atoms with E-state index in [1.54, 1.807) is 18.2 Å². The Kier molecular flexibility index (Phi) is 4.00. The molecule has 0 amide bonds. The molecule has 0 atom stereocenters. The normalized spacial score (nSPS) is 9.89. The van der Waals surface area contributed by atoms with Crippen LogP contribution in [0.4, 0.5) is 0 Å². The molecule has 2 aromatic rings. The van der Waals surface area contributed by atoms with Crippen LogP contribution in [0.2, 0.25) is 0 Å². The molecule has 0 bridgehead atoms. The van der Waals surface area contributed by atoms with E-state index in [1.165, 1.54) is 0 Å². The fourth-order valence-corrected chi connectivity index (χ4v) is 2.49. The van der Waals surface area contributed by atoms with Gasteiger partial charge >= 0.3 is 0 Å². The number of pyridine rings is 1. The number of hydrogen-bond acceptors (Lipinski definition) is 3. The summed E-state index contributed by atoms with van der Waals surface area (Å²) < 4.78 is 7.41. The first-order valence-corrected chi connectivity index (χ1v) is 6.69. The van der Waals surface area contributed by atoms with E-state index in [2.05, 4.69) is 42.9 Å². The molecule has 1 aromatic heterocycles. The standard InChI is InChI=1S/C13H8Br2N2O/c1-8-2-3-9(7-16)13(17-8)18-12-5-4-10(14)6-11(12)15/h2-6H,1H3. The predicted octanol–water partition coefficient (Wildman–Crippen LogP) is 4.58. The van der Waals surface area contributed by atoms with E-state index in [4.69, 9.17) is 10.00 Å². The first kappa shape index (κ1) is 13.1. The van der Waals surface area contributed by atoms with E-state index in [1.807, 2.05) is 19.1 Å². The van der Waals surface area contributed by atoms with Crippen LogP contribution in [0.25, 0.3) is 0 Å². The fourth-order valence-electron chi connectivity index (χ4n) is 1.36. The lowest BCUT2D eigenvalue weighted by atomic mass is 10.2. The van der Waals surface area contributed by atoms with E-state index >= 15 is 0 Å². The highest BCUT2D eigenvalue weighted by Crippen LogP contribution is 2.32. The second-order valence-electron chi connectivity index (χ2n) is 3.59. The Hall–Kier alpha value is -1.38. The highest BCUT2D eigenvalue weighted by Gasteiger charge is 2.09. The van der Waals surface area contributed by atoms with Crippen molar-refractivity contribution in [2.75, 3.05) is 0 Å². The lowest BCUT2D eigenvalue weighted by Gasteiger charge is -2.08. The van der Waals surface area contributed by atoms with Gasteiger partial charge in [-0.3, -0.25) is 0 Å². The van der Waals surface area contributed by atoms with Crippen molar-refractivity contribution in [1.29, 1.82) is 5.26 Å². The summed E-state index contributed by atoms with van der Waals surface area (Å²) in [6.45, 7) is 1.85. The van der Waals surface area contributed by atoms with Crippen LogP contribution in [0.5, 0.6) is 11.6 Å². The number of hydrogen-bond donors (Lipinski definition) is 0. The van der Waals surface area contributed by atoms with E-state index in [0.717, 1.165) is 14.6 Å². The Labute approximate surface area is 122 Å². The second-order valence-corrected chi connectivity index (χ2v) is 5.36. The molecule has 0 aliphatic carbocycles. The molecule has 0 N–H and O–H groups in total. The van der Waals surface area contributed by atoms with Gasteiger partial charge < -0.3 is 4.74 Å². The smallest absolute Gasteiger partial charge is 0.237 e. The minimum absolute atomic E-state index is 0.320. The van der Waals surface area contributed by atoms with Gasteiger partial charge in [0.1, 0.15) is 17.4 Å². The molecule has 0 aliphatic rings. The zero-order valence-corrected chi connectivity index (χ0v) is 12.6. The largest absolute Gasteiger partial charge is 0.436 e. The zero-order valence-electron chi connectivity index (χ0n) is 9.45. The van der Waals surface area contributed by atoms with E-state index in [-0.39, 0.29) is 0 Å². The lowest BCUT2D eigenvalue weighted by molar-refractivity contribution is 0.457. The van der Waals surface area contributed by atoms with Crippen molar-refractivity contribution in [3.8, 4) is 17.7 Å². The van der Waals surface area contributed by atoms with E-state index in [9.17, 15) is 0 Å². The Morgan fingerprint density at radius 2 is 2.00 bits per heavy atom. The maximum Gasteiger partial charge on any atom is 0.237 e. The minimum atomic E-state index is 0.320.